The molecule has 0 amide bonds. The highest BCUT2D eigenvalue weighted by Crippen LogP contribution is 2.07. The lowest BCUT2D eigenvalue weighted by Gasteiger charge is -2.01. The average Bonchev–Trinajstić information content (AvgIpc) is 2.55. The van der Waals surface area contributed by atoms with E-state index in [0.29, 0.717) is 0 Å². The second-order valence-electron chi connectivity index (χ2n) is 5.77. The standard InChI is InChI=1S/2C10H12O/c2*1-8(2)10(11)9-6-4-3-5-7-9/h2*3-8H,1-2H3. The van der Waals surface area contributed by atoms with Crippen LogP contribution in [0.5, 0.6) is 0 Å². The van der Waals surface area contributed by atoms with Crippen molar-refractivity contribution in [3.63, 3.8) is 0 Å². The SMILES string of the molecule is CC(C)C(=O)c1ccccc1.CC(C)C(=O)c1ccccc1. The highest BCUT2D eigenvalue weighted by molar-refractivity contribution is 5.97. The Kier molecular flexibility index (Phi) is 7.24. The maximum atomic E-state index is 11.3. The summed E-state index contributed by atoms with van der Waals surface area (Å²) < 4.78 is 0. The molecule has 0 heterocycles. The summed E-state index contributed by atoms with van der Waals surface area (Å²) in [6, 6.07) is 18.8. The van der Waals surface area contributed by atoms with Gasteiger partial charge in [-0.25, -0.2) is 0 Å². The Morgan fingerprint density at radius 2 is 0.864 bits per heavy atom. The Bertz CT molecular complexity index is 528. The molecule has 116 valence electrons. The van der Waals surface area contributed by atoms with Crippen molar-refractivity contribution in [2.75, 3.05) is 0 Å². The average molecular weight is 296 g/mol. The maximum Gasteiger partial charge on any atom is 0.165 e. The van der Waals surface area contributed by atoms with Crippen LogP contribution in [0.25, 0.3) is 0 Å². The molecule has 0 bridgehead atoms. The first-order valence-electron chi connectivity index (χ1n) is 7.62. The largest absolute Gasteiger partial charge is 0.294 e. The van der Waals surface area contributed by atoms with Crippen molar-refractivity contribution < 1.29 is 9.59 Å². The second-order valence-corrected chi connectivity index (χ2v) is 5.77. The summed E-state index contributed by atoms with van der Waals surface area (Å²) in [4.78, 5) is 22.7. The zero-order chi connectivity index (χ0) is 16.5. The molecule has 0 saturated heterocycles. The summed E-state index contributed by atoms with van der Waals surface area (Å²) in [5.74, 6) is 0.617. The van der Waals surface area contributed by atoms with Crippen LogP contribution in [-0.4, -0.2) is 11.6 Å². The van der Waals surface area contributed by atoms with Crippen LogP contribution in [0.4, 0.5) is 0 Å². The van der Waals surface area contributed by atoms with E-state index in [4.69, 9.17) is 0 Å². The molecule has 0 aliphatic rings. The molecular weight excluding hydrogens is 272 g/mol. The molecule has 0 spiro atoms. The van der Waals surface area contributed by atoms with Crippen molar-refractivity contribution in [1.82, 2.24) is 0 Å². The number of ketones is 2. The third-order valence-corrected chi connectivity index (χ3v) is 3.17. The summed E-state index contributed by atoms with van der Waals surface area (Å²) in [6.07, 6.45) is 0. The highest BCUT2D eigenvalue weighted by Gasteiger charge is 2.08. The fourth-order valence-corrected chi connectivity index (χ4v) is 1.87. The van der Waals surface area contributed by atoms with Crippen molar-refractivity contribution in [1.29, 1.82) is 0 Å². The van der Waals surface area contributed by atoms with Crippen LogP contribution in [0.3, 0.4) is 0 Å². The molecule has 0 aliphatic carbocycles. The zero-order valence-electron chi connectivity index (χ0n) is 13.7. The number of rotatable bonds is 4. The molecule has 2 rings (SSSR count). The van der Waals surface area contributed by atoms with Gasteiger partial charge in [-0.3, -0.25) is 9.59 Å². The van der Waals surface area contributed by atoms with Gasteiger partial charge in [0.2, 0.25) is 0 Å². The number of hydrogen-bond donors (Lipinski definition) is 0. The molecule has 22 heavy (non-hydrogen) atoms. The Balaban J connectivity index is 0.000000220. The number of carbonyl (C=O) groups is 2. The molecule has 0 N–H and O–H groups in total. The maximum absolute atomic E-state index is 11.3. The topological polar surface area (TPSA) is 34.1 Å². The Hall–Kier alpha value is -2.22. The number of carbonyl (C=O) groups excluding carboxylic acids is 2. The van der Waals surface area contributed by atoms with Gasteiger partial charge in [0.05, 0.1) is 0 Å². The molecule has 0 fully saturated rings. The summed E-state index contributed by atoms with van der Waals surface area (Å²) in [6.45, 7) is 7.65. The van der Waals surface area contributed by atoms with Crippen LogP contribution in [0.15, 0.2) is 60.7 Å². The summed E-state index contributed by atoms with van der Waals surface area (Å²) in [7, 11) is 0. The Morgan fingerprint density at radius 3 is 1.09 bits per heavy atom. The fraction of sp³-hybridized carbons (Fsp3) is 0.300. The van der Waals surface area contributed by atoms with Gasteiger partial charge in [0, 0.05) is 23.0 Å². The molecular formula is C20H24O2. The van der Waals surface area contributed by atoms with Crippen molar-refractivity contribution >= 4 is 11.6 Å². The molecule has 2 aromatic carbocycles. The lowest BCUT2D eigenvalue weighted by atomic mass is 10.0. The monoisotopic (exact) mass is 296 g/mol. The van der Waals surface area contributed by atoms with Gasteiger partial charge in [-0.2, -0.15) is 0 Å². The summed E-state index contributed by atoms with van der Waals surface area (Å²) >= 11 is 0. The third-order valence-electron chi connectivity index (χ3n) is 3.17. The minimum absolute atomic E-state index is 0.0948. The minimum atomic E-state index is 0.0948. The van der Waals surface area contributed by atoms with Gasteiger partial charge >= 0.3 is 0 Å². The van der Waals surface area contributed by atoms with Gasteiger partial charge in [-0.05, 0) is 0 Å². The molecule has 2 nitrogen and oxygen atoms in total. The first-order chi connectivity index (χ1) is 10.4. The van der Waals surface area contributed by atoms with Crippen LogP contribution in [0.2, 0.25) is 0 Å². The molecule has 2 aromatic rings. The Labute approximate surface area is 133 Å². The third kappa shape index (κ3) is 5.65. The van der Waals surface area contributed by atoms with Gasteiger partial charge in [-0.1, -0.05) is 88.4 Å². The zero-order valence-corrected chi connectivity index (χ0v) is 13.7. The van der Waals surface area contributed by atoms with E-state index >= 15 is 0 Å². The molecule has 2 heteroatoms. The first-order valence-corrected chi connectivity index (χ1v) is 7.62. The van der Waals surface area contributed by atoms with Gasteiger partial charge in [0.25, 0.3) is 0 Å². The predicted octanol–water partition coefficient (Wildman–Crippen LogP) is 5.05. The molecule has 0 saturated carbocycles. The van der Waals surface area contributed by atoms with Gasteiger partial charge in [-0.15, -0.1) is 0 Å². The van der Waals surface area contributed by atoms with Crippen molar-refractivity contribution in [3.8, 4) is 0 Å². The van der Waals surface area contributed by atoms with E-state index in [2.05, 4.69) is 0 Å². The smallest absolute Gasteiger partial charge is 0.165 e. The van der Waals surface area contributed by atoms with E-state index < -0.39 is 0 Å². The summed E-state index contributed by atoms with van der Waals surface area (Å²) in [5.41, 5.74) is 1.62. The van der Waals surface area contributed by atoms with E-state index in [1.165, 1.54) is 0 Å². The highest BCUT2D eigenvalue weighted by atomic mass is 16.1. The van der Waals surface area contributed by atoms with E-state index in [1.807, 2.05) is 88.4 Å². The van der Waals surface area contributed by atoms with Gasteiger partial charge in [0.15, 0.2) is 11.6 Å². The molecule has 0 aromatic heterocycles. The van der Waals surface area contributed by atoms with Crippen LogP contribution < -0.4 is 0 Å². The lowest BCUT2D eigenvalue weighted by molar-refractivity contribution is 0.0932. The van der Waals surface area contributed by atoms with Crippen LogP contribution in [0.1, 0.15) is 48.4 Å². The van der Waals surface area contributed by atoms with Crippen LogP contribution in [-0.2, 0) is 0 Å². The minimum Gasteiger partial charge on any atom is -0.294 e. The number of hydrogen-bond acceptors (Lipinski definition) is 2. The van der Waals surface area contributed by atoms with Crippen molar-refractivity contribution in [3.05, 3.63) is 71.8 Å². The van der Waals surface area contributed by atoms with Crippen molar-refractivity contribution in [2.24, 2.45) is 11.8 Å². The van der Waals surface area contributed by atoms with Crippen LogP contribution in [0, 0.1) is 11.8 Å². The van der Waals surface area contributed by atoms with E-state index in [9.17, 15) is 9.59 Å². The number of benzene rings is 2. The molecule has 0 radical (unpaired) electrons. The molecule has 0 atom stereocenters. The van der Waals surface area contributed by atoms with E-state index in [0.717, 1.165) is 11.1 Å². The predicted molar refractivity (Wildman–Crippen MR) is 91.2 cm³/mol. The van der Waals surface area contributed by atoms with E-state index in [1.54, 1.807) is 0 Å². The fourth-order valence-electron chi connectivity index (χ4n) is 1.87. The first kappa shape index (κ1) is 17.8. The normalized spacial score (nSPS) is 10.1. The van der Waals surface area contributed by atoms with Crippen LogP contribution >= 0.6 is 0 Å². The van der Waals surface area contributed by atoms with Gasteiger partial charge < -0.3 is 0 Å². The van der Waals surface area contributed by atoms with Crippen molar-refractivity contribution in [2.45, 2.75) is 27.7 Å². The lowest BCUT2D eigenvalue weighted by Crippen LogP contribution is -2.06. The van der Waals surface area contributed by atoms with Gasteiger partial charge in [0.1, 0.15) is 0 Å². The molecule has 0 unspecified atom stereocenters. The molecule has 0 aliphatic heterocycles. The summed E-state index contributed by atoms with van der Waals surface area (Å²) in [5, 5.41) is 0. The van der Waals surface area contributed by atoms with E-state index in [-0.39, 0.29) is 23.4 Å². The Morgan fingerprint density at radius 1 is 0.591 bits per heavy atom. The quantitative estimate of drug-likeness (QED) is 0.740. The second kappa shape index (κ2) is 8.93. The number of Topliss-reactive ketones (excluding diaryl/α,β-unsaturated/α-hetero) is 2.